The van der Waals surface area contributed by atoms with Gasteiger partial charge < -0.3 is 14.2 Å². The van der Waals surface area contributed by atoms with Gasteiger partial charge in [-0.3, -0.25) is 14.5 Å². The molecule has 0 saturated heterocycles. The maximum atomic E-state index is 12.9. The highest BCUT2D eigenvalue weighted by atomic mass is 16.5. The first-order valence-corrected chi connectivity index (χ1v) is 9.54. The quantitative estimate of drug-likeness (QED) is 0.549. The van der Waals surface area contributed by atoms with Gasteiger partial charge in [-0.05, 0) is 54.4 Å². The molecule has 6 nitrogen and oxygen atoms in total. The van der Waals surface area contributed by atoms with Crippen molar-refractivity contribution < 1.29 is 23.8 Å². The van der Waals surface area contributed by atoms with Crippen LogP contribution >= 0.6 is 0 Å². The lowest BCUT2D eigenvalue weighted by Gasteiger charge is -2.14. The van der Waals surface area contributed by atoms with Crippen LogP contribution in [0.2, 0.25) is 0 Å². The summed E-state index contributed by atoms with van der Waals surface area (Å²) in [6.07, 6.45) is 0.513. The number of ether oxygens (including phenoxy) is 3. The Bertz CT molecular complexity index is 1090. The summed E-state index contributed by atoms with van der Waals surface area (Å²) in [6, 6.07) is 19.8. The molecule has 0 atom stereocenters. The monoisotopic (exact) mass is 403 g/mol. The third kappa shape index (κ3) is 3.72. The fourth-order valence-corrected chi connectivity index (χ4v) is 3.44. The zero-order valence-corrected chi connectivity index (χ0v) is 16.8. The number of methoxy groups -OCH3 is 2. The number of fused-ring (bicyclic) bond motifs is 1. The molecule has 0 aliphatic carbocycles. The molecule has 1 aliphatic rings. The summed E-state index contributed by atoms with van der Waals surface area (Å²) in [5, 5.41) is 0. The number of nitrogens with zero attached hydrogens (tertiary/aromatic N) is 1. The molecule has 1 aliphatic heterocycles. The van der Waals surface area contributed by atoms with Crippen molar-refractivity contribution in [2.24, 2.45) is 0 Å². The minimum Gasteiger partial charge on any atom is -0.493 e. The Morgan fingerprint density at radius 3 is 2.20 bits per heavy atom. The molecule has 4 rings (SSSR count). The summed E-state index contributed by atoms with van der Waals surface area (Å²) in [4.78, 5) is 26.9. The maximum Gasteiger partial charge on any atom is 0.261 e. The Morgan fingerprint density at radius 2 is 1.47 bits per heavy atom. The van der Waals surface area contributed by atoms with Gasteiger partial charge in [-0.2, -0.15) is 0 Å². The van der Waals surface area contributed by atoms with E-state index in [1.54, 1.807) is 32.4 Å². The molecule has 0 spiro atoms. The molecule has 2 amide bonds. The zero-order valence-electron chi connectivity index (χ0n) is 16.8. The number of benzene rings is 3. The van der Waals surface area contributed by atoms with Gasteiger partial charge in [0.2, 0.25) is 0 Å². The first-order chi connectivity index (χ1) is 14.6. The molecule has 6 heteroatoms. The molecule has 152 valence electrons. The van der Waals surface area contributed by atoms with E-state index in [1.807, 2.05) is 48.5 Å². The molecule has 1 heterocycles. The smallest absolute Gasteiger partial charge is 0.261 e. The zero-order chi connectivity index (χ0) is 21.1. The van der Waals surface area contributed by atoms with Crippen LogP contribution in [0.15, 0.2) is 66.7 Å². The summed E-state index contributed by atoms with van der Waals surface area (Å²) >= 11 is 0. The van der Waals surface area contributed by atoms with Crippen molar-refractivity contribution in [2.45, 2.75) is 6.42 Å². The third-order valence-electron chi connectivity index (χ3n) is 4.99. The van der Waals surface area contributed by atoms with Gasteiger partial charge in [0.15, 0.2) is 11.5 Å². The van der Waals surface area contributed by atoms with Crippen LogP contribution < -0.4 is 14.2 Å². The molecule has 0 saturated carbocycles. The molecule has 0 aromatic heterocycles. The highest BCUT2D eigenvalue weighted by Crippen LogP contribution is 2.31. The fraction of sp³-hybridized carbons (Fsp3) is 0.167. The average Bonchev–Trinajstić information content (AvgIpc) is 3.02. The second-order valence-electron chi connectivity index (χ2n) is 6.82. The molecule has 0 N–H and O–H groups in total. The first kappa shape index (κ1) is 19.5. The fourth-order valence-electron chi connectivity index (χ4n) is 3.44. The van der Waals surface area contributed by atoms with Gasteiger partial charge in [0.25, 0.3) is 11.8 Å². The van der Waals surface area contributed by atoms with E-state index in [2.05, 4.69) is 0 Å². The molecule has 3 aromatic rings. The molecular weight excluding hydrogens is 382 g/mol. The predicted octanol–water partition coefficient (Wildman–Crippen LogP) is 4.33. The third-order valence-corrected chi connectivity index (χ3v) is 4.99. The minimum absolute atomic E-state index is 0.275. The van der Waals surface area contributed by atoms with E-state index in [0.29, 0.717) is 40.5 Å². The van der Waals surface area contributed by atoms with Crippen molar-refractivity contribution in [3.63, 3.8) is 0 Å². The minimum atomic E-state index is -0.311. The van der Waals surface area contributed by atoms with Crippen LogP contribution in [0.1, 0.15) is 26.3 Å². The van der Waals surface area contributed by atoms with E-state index >= 15 is 0 Å². The highest BCUT2D eigenvalue weighted by Gasteiger charge is 2.35. The SMILES string of the molecule is COc1ccc(CCN2C(=O)c3ccc(Oc4ccccc4)cc3C2=O)cc1OC. The number of imide groups is 1. The van der Waals surface area contributed by atoms with Crippen LogP contribution in [0.25, 0.3) is 0 Å². The molecule has 0 radical (unpaired) electrons. The van der Waals surface area contributed by atoms with Crippen LogP contribution in [0.3, 0.4) is 0 Å². The standard InChI is InChI=1S/C24H21NO5/c1-28-21-11-8-16(14-22(21)29-2)12-13-25-23(26)19-10-9-18(15-20(19)24(25)27)30-17-6-4-3-5-7-17/h3-11,14-15H,12-13H2,1-2H3. The predicted molar refractivity (Wildman–Crippen MR) is 112 cm³/mol. The average molecular weight is 403 g/mol. The topological polar surface area (TPSA) is 65.1 Å². The lowest BCUT2D eigenvalue weighted by atomic mass is 10.1. The Labute approximate surface area is 174 Å². The normalized spacial score (nSPS) is 12.7. The molecule has 3 aromatic carbocycles. The molecule has 0 bridgehead atoms. The van der Waals surface area contributed by atoms with Crippen molar-refractivity contribution in [2.75, 3.05) is 20.8 Å². The number of para-hydroxylation sites is 1. The van der Waals surface area contributed by atoms with Gasteiger partial charge in [-0.15, -0.1) is 0 Å². The van der Waals surface area contributed by atoms with Crippen LogP contribution in [0, 0.1) is 0 Å². The van der Waals surface area contributed by atoms with Gasteiger partial charge in [-0.25, -0.2) is 0 Å². The summed E-state index contributed by atoms with van der Waals surface area (Å²) in [5.41, 5.74) is 1.70. The van der Waals surface area contributed by atoms with Crippen molar-refractivity contribution in [3.05, 3.63) is 83.4 Å². The number of hydrogen-bond acceptors (Lipinski definition) is 5. The summed E-state index contributed by atoms with van der Waals surface area (Å²) < 4.78 is 16.4. The Kier molecular flexibility index (Phi) is 5.39. The van der Waals surface area contributed by atoms with E-state index < -0.39 is 0 Å². The van der Waals surface area contributed by atoms with Gasteiger partial charge in [-0.1, -0.05) is 24.3 Å². The van der Waals surface area contributed by atoms with Crippen molar-refractivity contribution in [1.82, 2.24) is 4.90 Å². The second kappa shape index (κ2) is 8.29. The number of carbonyl (C=O) groups excluding carboxylic acids is 2. The van der Waals surface area contributed by atoms with Crippen molar-refractivity contribution in [1.29, 1.82) is 0 Å². The second-order valence-corrected chi connectivity index (χ2v) is 6.82. The lowest BCUT2D eigenvalue weighted by Crippen LogP contribution is -2.31. The molecular formula is C24H21NO5. The van der Waals surface area contributed by atoms with Gasteiger partial charge in [0.05, 0.1) is 25.3 Å². The van der Waals surface area contributed by atoms with E-state index in [-0.39, 0.29) is 18.4 Å². The maximum absolute atomic E-state index is 12.9. The van der Waals surface area contributed by atoms with Crippen LogP contribution in [0.5, 0.6) is 23.0 Å². The number of amides is 2. The van der Waals surface area contributed by atoms with Crippen molar-refractivity contribution in [3.8, 4) is 23.0 Å². The van der Waals surface area contributed by atoms with E-state index in [9.17, 15) is 9.59 Å². The first-order valence-electron chi connectivity index (χ1n) is 9.54. The Hall–Kier alpha value is -3.80. The number of rotatable bonds is 7. The molecule has 30 heavy (non-hydrogen) atoms. The van der Waals surface area contributed by atoms with Gasteiger partial charge in [0.1, 0.15) is 11.5 Å². The number of hydrogen-bond donors (Lipinski definition) is 0. The summed E-state index contributed by atoms with van der Waals surface area (Å²) in [7, 11) is 3.15. The Balaban J connectivity index is 1.49. The summed E-state index contributed by atoms with van der Waals surface area (Å²) in [5.74, 6) is 1.83. The van der Waals surface area contributed by atoms with Crippen molar-refractivity contribution >= 4 is 11.8 Å². The van der Waals surface area contributed by atoms with Crippen LogP contribution in [-0.4, -0.2) is 37.5 Å². The largest absolute Gasteiger partial charge is 0.493 e. The number of carbonyl (C=O) groups is 2. The van der Waals surface area contributed by atoms with Crippen LogP contribution in [-0.2, 0) is 6.42 Å². The lowest BCUT2D eigenvalue weighted by molar-refractivity contribution is 0.0656. The molecule has 0 unspecified atom stereocenters. The highest BCUT2D eigenvalue weighted by molar-refractivity contribution is 6.21. The van der Waals surface area contributed by atoms with Crippen LogP contribution in [0.4, 0.5) is 0 Å². The van der Waals surface area contributed by atoms with E-state index in [0.717, 1.165) is 5.56 Å². The molecule has 0 fully saturated rings. The summed E-state index contributed by atoms with van der Waals surface area (Å²) in [6.45, 7) is 0.275. The van der Waals surface area contributed by atoms with E-state index in [1.165, 1.54) is 4.90 Å². The van der Waals surface area contributed by atoms with Gasteiger partial charge in [0, 0.05) is 6.54 Å². The van der Waals surface area contributed by atoms with E-state index in [4.69, 9.17) is 14.2 Å². The van der Waals surface area contributed by atoms with Gasteiger partial charge >= 0.3 is 0 Å². The Morgan fingerprint density at radius 1 is 0.733 bits per heavy atom.